The average Bonchev–Trinajstić information content (AvgIpc) is 3.03. The highest BCUT2D eigenvalue weighted by Crippen LogP contribution is 2.32. The smallest absolute Gasteiger partial charge is 0.313 e. The first kappa shape index (κ1) is 29.8. The summed E-state index contributed by atoms with van der Waals surface area (Å²) < 4.78 is 0. The van der Waals surface area contributed by atoms with Gasteiger partial charge in [0, 0.05) is 54.1 Å². The quantitative estimate of drug-likeness (QED) is 0.200. The first-order valence-electron chi connectivity index (χ1n) is 13.9. The Bertz CT molecular complexity index is 1790. The lowest BCUT2D eigenvalue weighted by molar-refractivity contribution is -0.146. The molecule has 2 heterocycles. The van der Waals surface area contributed by atoms with Crippen LogP contribution < -0.4 is 16.0 Å². The van der Waals surface area contributed by atoms with E-state index in [1.54, 1.807) is 48.9 Å². The minimum absolute atomic E-state index is 0.0125. The molecule has 2 aromatic heterocycles. The second-order valence-electron chi connectivity index (χ2n) is 10.7. The number of pyridine rings is 1. The van der Waals surface area contributed by atoms with Gasteiger partial charge in [-0.2, -0.15) is 0 Å². The highest BCUT2D eigenvalue weighted by atomic mass is 16.4. The van der Waals surface area contributed by atoms with E-state index >= 15 is 0 Å². The molecule has 0 bridgehead atoms. The van der Waals surface area contributed by atoms with Crippen molar-refractivity contribution < 1.29 is 24.3 Å². The van der Waals surface area contributed by atoms with Crippen molar-refractivity contribution in [2.45, 2.75) is 33.2 Å². The van der Waals surface area contributed by atoms with Crippen molar-refractivity contribution in [2.24, 2.45) is 5.41 Å². The fourth-order valence-electron chi connectivity index (χ4n) is 4.74. The zero-order valence-corrected chi connectivity index (χ0v) is 24.1. The van der Waals surface area contributed by atoms with Crippen LogP contribution in [0.5, 0.6) is 0 Å². The predicted molar refractivity (Wildman–Crippen MR) is 164 cm³/mol. The number of amides is 2. The number of aliphatic carboxylic acids is 1. The largest absolute Gasteiger partial charge is 0.481 e. The van der Waals surface area contributed by atoms with Crippen LogP contribution in [-0.4, -0.2) is 43.6 Å². The number of Topliss-reactive ketones (excluding diaryl/α,β-unsaturated/α-hetero) is 1. The number of hydrogen-bond donors (Lipinski definition) is 4. The molecule has 2 amide bonds. The van der Waals surface area contributed by atoms with Gasteiger partial charge < -0.3 is 21.1 Å². The number of anilines is 3. The normalized spacial score (nSPS) is 16.0. The van der Waals surface area contributed by atoms with E-state index in [0.717, 1.165) is 22.5 Å². The van der Waals surface area contributed by atoms with Crippen molar-refractivity contribution in [3.63, 3.8) is 0 Å². The van der Waals surface area contributed by atoms with Gasteiger partial charge in [-0.25, -0.2) is 9.97 Å². The molecule has 11 heteroatoms. The maximum absolute atomic E-state index is 13.0. The number of aromatic nitrogens is 3. The molecule has 0 fully saturated rings. The Kier molecular flexibility index (Phi) is 8.56. The van der Waals surface area contributed by atoms with Crippen LogP contribution in [0.1, 0.15) is 41.3 Å². The minimum atomic E-state index is -1.27. The summed E-state index contributed by atoms with van der Waals surface area (Å²) in [6.45, 7) is 3.44. The van der Waals surface area contributed by atoms with Gasteiger partial charge in [0.05, 0.1) is 16.7 Å². The van der Waals surface area contributed by atoms with Gasteiger partial charge in [-0.05, 0) is 79.9 Å². The molecule has 0 aliphatic heterocycles. The molecule has 0 radical (unpaired) electrons. The number of nitrogens with one attached hydrogen (secondary N) is 3. The average molecular weight is 591 g/mol. The van der Waals surface area contributed by atoms with Crippen molar-refractivity contribution in [1.82, 2.24) is 20.3 Å². The molecule has 4 N–H and O–H groups in total. The van der Waals surface area contributed by atoms with Crippen LogP contribution >= 0.6 is 0 Å². The zero-order valence-electron chi connectivity index (χ0n) is 24.1. The number of aryl methyl sites for hydroxylation is 1. The number of benzene rings is 2. The van der Waals surface area contributed by atoms with E-state index in [0.29, 0.717) is 22.8 Å². The lowest BCUT2D eigenvalue weighted by Crippen LogP contribution is -2.36. The first-order chi connectivity index (χ1) is 21.1. The predicted octanol–water partition coefficient (Wildman–Crippen LogP) is 4.84. The molecule has 0 saturated carbocycles. The van der Waals surface area contributed by atoms with Crippen LogP contribution in [0.15, 0.2) is 90.9 Å². The summed E-state index contributed by atoms with van der Waals surface area (Å²) in [5, 5.41) is 18.2. The lowest BCUT2D eigenvalue weighted by atomic mass is 9.77. The van der Waals surface area contributed by atoms with Gasteiger partial charge in [0.15, 0.2) is 5.78 Å². The van der Waals surface area contributed by atoms with Crippen molar-refractivity contribution in [3.05, 3.63) is 108 Å². The SMILES string of the molecule is Cc1cc(NC(=O)c2cccc(CNC(=O)C3=CC(C)(C(=O)O)CCC3=O)c2)ccc1Nc1nccc(-c2cccnc2)n1. The molecule has 4 aromatic rings. The third-order valence-electron chi connectivity index (χ3n) is 7.35. The number of carbonyl (C=O) groups is 4. The molecule has 1 aliphatic rings. The van der Waals surface area contributed by atoms with Crippen molar-refractivity contribution >= 4 is 40.9 Å². The van der Waals surface area contributed by atoms with E-state index in [4.69, 9.17) is 0 Å². The van der Waals surface area contributed by atoms with Crippen molar-refractivity contribution in [2.75, 3.05) is 10.6 Å². The molecule has 1 unspecified atom stereocenters. The summed E-state index contributed by atoms with van der Waals surface area (Å²) in [4.78, 5) is 62.7. The number of carbonyl (C=O) groups excluding carboxylic acids is 3. The zero-order chi connectivity index (χ0) is 31.3. The van der Waals surface area contributed by atoms with E-state index in [2.05, 4.69) is 30.9 Å². The Morgan fingerprint density at radius 1 is 1.00 bits per heavy atom. The van der Waals surface area contributed by atoms with Gasteiger partial charge in [0.2, 0.25) is 5.95 Å². The van der Waals surface area contributed by atoms with E-state index in [-0.39, 0.29) is 30.9 Å². The van der Waals surface area contributed by atoms with Crippen LogP contribution in [0.2, 0.25) is 0 Å². The molecule has 1 aliphatic carbocycles. The molecular weight excluding hydrogens is 560 g/mol. The van der Waals surface area contributed by atoms with Crippen molar-refractivity contribution in [3.8, 4) is 11.3 Å². The van der Waals surface area contributed by atoms with E-state index in [9.17, 15) is 24.3 Å². The summed E-state index contributed by atoms with van der Waals surface area (Å²) in [7, 11) is 0. The van der Waals surface area contributed by atoms with Crippen LogP contribution in [0.3, 0.4) is 0 Å². The fraction of sp³-hybridized carbons (Fsp3) is 0.182. The first-order valence-corrected chi connectivity index (χ1v) is 13.9. The summed E-state index contributed by atoms with van der Waals surface area (Å²) in [5.74, 6) is -2.04. The maximum atomic E-state index is 13.0. The van der Waals surface area contributed by atoms with E-state index in [1.807, 2.05) is 37.3 Å². The van der Waals surface area contributed by atoms with Gasteiger partial charge in [-0.15, -0.1) is 0 Å². The summed E-state index contributed by atoms with van der Waals surface area (Å²) in [5.41, 5.74) is 3.42. The Hall–Kier alpha value is -5.71. The fourth-order valence-corrected chi connectivity index (χ4v) is 4.74. The van der Waals surface area contributed by atoms with Crippen molar-refractivity contribution in [1.29, 1.82) is 0 Å². The molecule has 2 aromatic carbocycles. The number of carboxylic acids is 1. The third kappa shape index (κ3) is 6.84. The van der Waals surface area contributed by atoms with E-state index in [1.165, 1.54) is 13.0 Å². The standard InChI is InChI=1S/C33H30N6O5/c1-20-15-24(8-9-26(20)38-32-35-14-11-27(39-32)23-7-4-13-34-19-23)37-29(41)22-6-3-5-21(16-22)18-36-30(42)25-17-33(2,31(43)44)12-10-28(25)40/h3-9,11,13-17,19H,10,12,18H2,1-2H3,(H,36,42)(H,37,41)(H,43,44)(H,35,38,39). The monoisotopic (exact) mass is 590 g/mol. The van der Waals surface area contributed by atoms with Gasteiger partial charge in [-0.1, -0.05) is 18.2 Å². The maximum Gasteiger partial charge on any atom is 0.313 e. The molecule has 11 nitrogen and oxygen atoms in total. The Morgan fingerprint density at radius 3 is 2.59 bits per heavy atom. The van der Waals surface area contributed by atoms with Crippen LogP contribution in [-0.2, 0) is 20.9 Å². The van der Waals surface area contributed by atoms with E-state index < -0.39 is 23.1 Å². The molecule has 44 heavy (non-hydrogen) atoms. The lowest BCUT2D eigenvalue weighted by Gasteiger charge is -2.26. The highest BCUT2D eigenvalue weighted by molar-refractivity contribution is 6.20. The molecule has 1 atom stereocenters. The van der Waals surface area contributed by atoms with Gasteiger partial charge in [0.1, 0.15) is 0 Å². The van der Waals surface area contributed by atoms with Crippen LogP contribution in [0.4, 0.5) is 17.3 Å². The molecule has 5 rings (SSSR count). The summed E-state index contributed by atoms with van der Waals surface area (Å²) in [6.07, 6.45) is 6.46. The number of nitrogens with zero attached hydrogens (tertiary/aromatic N) is 3. The Labute approximate surface area is 253 Å². The molecule has 0 saturated heterocycles. The van der Waals surface area contributed by atoms with Gasteiger partial charge in [-0.3, -0.25) is 24.2 Å². The highest BCUT2D eigenvalue weighted by Gasteiger charge is 2.38. The van der Waals surface area contributed by atoms with Gasteiger partial charge in [0.25, 0.3) is 11.8 Å². The second kappa shape index (κ2) is 12.7. The number of rotatable bonds is 9. The van der Waals surface area contributed by atoms with Gasteiger partial charge >= 0.3 is 5.97 Å². The number of ketones is 1. The molecular formula is C33H30N6O5. The Morgan fingerprint density at radius 2 is 1.84 bits per heavy atom. The molecule has 222 valence electrons. The minimum Gasteiger partial charge on any atom is -0.481 e. The van der Waals surface area contributed by atoms with Crippen LogP contribution in [0, 0.1) is 12.3 Å². The third-order valence-corrected chi connectivity index (χ3v) is 7.35. The summed E-state index contributed by atoms with van der Waals surface area (Å²) in [6, 6.07) is 17.7. The van der Waals surface area contributed by atoms with Crippen LogP contribution in [0.25, 0.3) is 11.3 Å². The number of hydrogen-bond acceptors (Lipinski definition) is 8. The topological polar surface area (TPSA) is 163 Å². The molecule has 0 spiro atoms. The number of carboxylic acid groups (broad SMARTS) is 1. The second-order valence-corrected chi connectivity index (χ2v) is 10.7. The Balaban J connectivity index is 1.21. The summed E-state index contributed by atoms with van der Waals surface area (Å²) >= 11 is 0.